The number of quaternary nitrogens is 1. The van der Waals surface area contributed by atoms with Gasteiger partial charge < -0.3 is 19.4 Å². The zero-order valence-electron chi connectivity index (χ0n) is 16.8. The fraction of sp³-hybridized carbons (Fsp3) is 0.364. The third-order valence-electron chi connectivity index (χ3n) is 5.17. The number of rotatable bonds is 5. The lowest BCUT2D eigenvalue weighted by Crippen LogP contribution is -3.15. The van der Waals surface area contributed by atoms with Crippen molar-refractivity contribution >= 4 is 28.7 Å². The average molecular weight is 382 g/mol. The highest BCUT2D eigenvalue weighted by atomic mass is 16.5. The molecule has 2 aromatic rings. The first kappa shape index (κ1) is 19.9. The van der Waals surface area contributed by atoms with Gasteiger partial charge in [0.25, 0.3) is 5.91 Å². The Bertz CT molecular complexity index is 884. The van der Waals surface area contributed by atoms with Crippen LogP contribution in [0.25, 0.3) is 16.8 Å². The quantitative estimate of drug-likeness (QED) is 0.774. The van der Waals surface area contributed by atoms with Crippen LogP contribution in [0, 0.1) is 0 Å². The maximum atomic E-state index is 12.5. The van der Waals surface area contributed by atoms with Gasteiger partial charge in [0.2, 0.25) is 5.91 Å². The first-order valence-corrected chi connectivity index (χ1v) is 9.55. The first-order chi connectivity index (χ1) is 13.5. The molecule has 0 saturated carbocycles. The van der Waals surface area contributed by atoms with Crippen LogP contribution in [-0.2, 0) is 9.59 Å². The van der Waals surface area contributed by atoms with Crippen molar-refractivity contribution in [2.45, 2.75) is 0 Å². The van der Waals surface area contributed by atoms with Crippen molar-refractivity contribution < 1.29 is 19.2 Å². The Kier molecular flexibility index (Phi) is 6.31. The number of methoxy groups -OCH3 is 1. The van der Waals surface area contributed by atoms with Crippen LogP contribution in [0.5, 0.6) is 5.75 Å². The van der Waals surface area contributed by atoms with E-state index in [1.807, 2.05) is 41.3 Å². The fourth-order valence-electron chi connectivity index (χ4n) is 3.34. The van der Waals surface area contributed by atoms with Gasteiger partial charge in [0.05, 0.1) is 33.3 Å². The Balaban J connectivity index is 1.57. The maximum Gasteiger partial charge on any atom is 0.277 e. The van der Waals surface area contributed by atoms with Crippen molar-refractivity contribution in [1.82, 2.24) is 9.80 Å². The molecule has 1 fully saturated rings. The molecule has 2 aromatic carbocycles. The SMILES string of the molecule is COc1ccc2cc(/C=C/C(=O)N3CC[NH+](CC(=O)N(C)C)CC3)ccc2c1. The van der Waals surface area contributed by atoms with Crippen molar-refractivity contribution in [3.05, 3.63) is 48.0 Å². The van der Waals surface area contributed by atoms with E-state index in [2.05, 4.69) is 6.07 Å². The van der Waals surface area contributed by atoms with E-state index >= 15 is 0 Å². The number of likely N-dealkylation sites (N-methyl/N-ethyl adjacent to an activating group) is 1. The van der Waals surface area contributed by atoms with Gasteiger partial charge in [0.1, 0.15) is 5.75 Å². The fourth-order valence-corrected chi connectivity index (χ4v) is 3.34. The minimum atomic E-state index is 0.0211. The van der Waals surface area contributed by atoms with Gasteiger partial charge in [-0.3, -0.25) is 9.59 Å². The maximum absolute atomic E-state index is 12.5. The predicted molar refractivity (Wildman–Crippen MR) is 110 cm³/mol. The lowest BCUT2D eigenvalue weighted by molar-refractivity contribution is -0.896. The van der Waals surface area contributed by atoms with Crippen molar-refractivity contribution in [2.75, 3.05) is 53.9 Å². The average Bonchev–Trinajstić information content (AvgIpc) is 2.71. The second kappa shape index (κ2) is 8.89. The number of piperazine rings is 1. The Labute approximate surface area is 166 Å². The molecule has 0 aliphatic carbocycles. The zero-order valence-corrected chi connectivity index (χ0v) is 16.8. The molecule has 0 atom stereocenters. The summed E-state index contributed by atoms with van der Waals surface area (Å²) in [6, 6.07) is 12.0. The topological polar surface area (TPSA) is 54.3 Å². The van der Waals surface area contributed by atoms with Gasteiger partial charge in [-0.1, -0.05) is 18.2 Å². The smallest absolute Gasteiger partial charge is 0.277 e. The number of carbonyl (C=O) groups is 2. The molecule has 148 valence electrons. The highest BCUT2D eigenvalue weighted by molar-refractivity contribution is 5.93. The normalized spacial score (nSPS) is 15.2. The van der Waals surface area contributed by atoms with Gasteiger partial charge in [-0.15, -0.1) is 0 Å². The van der Waals surface area contributed by atoms with E-state index in [1.54, 1.807) is 32.2 Å². The van der Waals surface area contributed by atoms with Gasteiger partial charge in [-0.2, -0.15) is 0 Å². The van der Waals surface area contributed by atoms with Crippen LogP contribution in [0.2, 0.25) is 0 Å². The minimum Gasteiger partial charge on any atom is -0.497 e. The van der Waals surface area contributed by atoms with E-state index in [-0.39, 0.29) is 11.8 Å². The molecule has 2 amide bonds. The largest absolute Gasteiger partial charge is 0.497 e. The summed E-state index contributed by atoms with van der Waals surface area (Å²) in [5.74, 6) is 0.982. The van der Waals surface area contributed by atoms with Crippen molar-refractivity contribution in [3.63, 3.8) is 0 Å². The molecule has 0 bridgehead atoms. The van der Waals surface area contributed by atoms with Gasteiger partial charge in [0.15, 0.2) is 6.54 Å². The summed E-state index contributed by atoms with van der Waals surface area (Å²) in [6.45, 7) is 3.45. The van der Waals surface area contributed by atoms with Crippen molar-refractivity contribution in [3.8, 4) is 5.75 Å². The molecule has 0 radical (unpaired) electrons. The molecule has 3 rings (SSSR count). The number of nitrogens with zero attached hydrogens (tertiary/aromatic N) is 2. The molecule has 1 saturated heterocycles. The van der Waals surface area contributed by atoms with Gasteiger partial charge >= 0.3 is 0 Å². The Morgan fingerprint density at radius 2 is 1.79 bits per heavy atom. The lowest BCUT2D eigenvalue weighted by Gasteiger charge is -2.31. The molecule has 0 aromatic heterocycles. The Morgan fingerprint density at radius 3 is 2.46 bits per heavy atom. The first-order valence-electron chi connectivity index (χ1n) is 9.55. The molecule has 1 aliphatic rings. The van der Waals surface area contributed by atoms with Crippen LogP contribution in [0.4, 0.5) is 0 Å². The summed E-state index contributed by atoms with van der Waals surface area (Å²) in [6.07, 6.45) is 3.50. The third kappa shape index (κ3) is 4.89. The van der Waals surface area contributed by atoms with Crippen LogP contribution in [0.1, 0.15) is 5.56 Å². The summed E-state index contributed by atoms with van der Waals surface area (Å²) in [7, 11) is 5.20. The van der Waals surface area contributed by atoms with E-state index in [9.17, 15) is 9.59 Å². The molecule has 0 spiro atoms. The van der Waals surface area contributed by atoms with E-state index < -0.39 is 0 Å². The summed E-state index contributed by atoms with van der Waals surface area (Å²) in [5.41, 5.74) is 0.992. The molecule has 1 N–H and O–H groups in total. The number of carbonyl (C=O) groups excluding carboxylic acids is 2. The number of fused-ring (bicyclic) bond motifs is 1. The van der Waals surface area contributed by atoms with Gasteiger partial charge in [-0.25, -0.2) is 0 Å². The third-order valence-corrected chi connectivity index (χ3v) is 5.17. The van der Waals surface area contributed by atoms with Gasteiger partial charge in [-0.05, 0) is 40.6 Å². The minimum absolute atomic E-state index is 0.0211. The van der Waals surface area contributed by atoms with E-state index in [0.717, 1.165) is 35.2 Å². The molecule has 1 heterocycles. The molecular weight excluding hydrogens is 354 g/mol. The highest BCUT2D eigenvalue weighted by Gasteiger charge is 2.24. The summed E-state index contributed by atoms with van der Waals surface area (Å²) >= 11 is 0. The van der Waals surface area contributed by atoms with E-state index in [0.29, 0.717) is 19.6 Å². The molecule has 0 unspecified atom stereocenters. The number of amides is 2. The van der Waals surface area contributed by atoms with Crippen molar-refractivity contribution in [2.24, 2.45) is 0 Å². The van der Waals surface area contributed by atoms with Crippen molar-refractivity contribution in [1.29, 1.82) is 0 Å². The second-order valence-electron chi connectivity index (χ2n) is 7.35. The highest BCUT2D eigenvalue weighted by Crippen LogP contribution is 2.22. The molecule has 28 heavy (non-hydrogen) atoms. The number of ether oxygens (including phenoxy) is 1. The van der Waals surface area contributed by atoms with Crippen LogP contribution in [0.3, 0.4) is 0 Å². The number of hydrogen-bond donors (Lipinski definition) is 1. The standard InChI is InChI=1S/C22H27N3O3/c1-23(2)22(27)16-24-10-12-25(13-11-24)21(26)9-5-17-4-6-19-15-20(28-3)8-7-18(19)14-17/h4-9,14-15H,10-13,16H2,1-3H3/p+1/b9-5+. The predicted octanol–water partition coefficient (Wildman–Crippen LogP) is 0.677. The lowest BCUT2D eigenvalue weighted by atomic mass is 10.1. The summed E-state index contributed by atoms with van der Waals surface area (Å²) in [5, 5.41) is 2.22. The number of benzene rings is 2. The van der Waals surface area contributed by atoms with Crippen LogP contribution < -0.4 is 9.64 Å². The molecular formula is C22H28N3O3+. The van der Waals surface area contributed by atoms with E-state index in [4.69, 9.17) is 4.74 Å². The molecule has 6 nitrogen and oxygen atoms in total. The van der Waals surface area contributed by atoms with Crippen LogP contribution in [0.15, 0.2) is 42.5 Å². The zero-order chi connectivity index (χ0) is 20.1. The second-order valence-corrected chi connectivity index (χ2v) is 7.35. The Hall–Kier alpha value is -2.86. The van der Waals surface area contributed by atoms with Gasteiger partial charge in [0, 0.05) is 20.2 Å². The monoisotopic (exact) mass is 382 g/mol. The number of nitrogens with one attached hydrogen (secondary N) is 1. The van der Waals surface area contributed by atoms with E-state index in [1.165, 1.54) is 4.90 Å². The van der Waals surface area contributed by atoms with Crippen LogP contribution in [-0.4, -0.2) is 75.5 Å². The van der Waals surface area contributed by atoms with Crippen LogP contribution >= 0.6 is 0 Å². The molecule has 6 heteroatoms. The summed E-state index contributed by atoms with van der Waals surface area (Å²) < 4.78 is 5.25. The number of hydrogen-bond acceptors (Lipinski definition) is 3. The Morgan fingerprint density at radius 1 is 1.11 bits per heavy atom. The summed E-state index contributed by atoms with van der Waals surface area (Å²) in [4.78, 5) is 29.0. The molecule has 1 aliphatic heterocycles.